The van der Waals surface area contributed by atoms with Gasteiger partial charge in [-0.25, -0.2) is 0 Å². The minimum Gasteiger partial charge on any atom is -0.377 e. The molecular formula is C14H18BrNO. The summed E-state index contributed by atoms with van der Waals surface area (Å²) in [7, 11) is 0. The molecule has 0 saturated carbocycles. The quantitative estimate of drug-likeness (QED) is 0.593. The summed E-state index contributed by atoms with van der Waals surface area (Å²) in [6.07, 6.45) is 1.96. The predicted octanol–water partition coefficient (Wildman–Crippen LogP) is 3.33. The van der Waals surface area contributed by atoms with Crippen molar-refractivity contribution in [3.63, 3.8) is 0 Å². The van der Waals surface area contributed by atoms with Gasteiger partial charge in [0, 0.05) is 24.9 Å². The molecule has 0 bridgehead atoms. The summed E-state index contributed by atoms with van der Waals surface area (Å²) >= 11 is 3.24. The summed E-state index contributed by atoms with van der Waals surface area (Å²) in [5.41, 5.74) is 1.75. The fraction of sp³-hybridized carbons (Fsp3) is 0.357. The number of halogens is 1. The maximum atomic E-state index is 11.9. The van der Waals surface area contributed by atoms with E-state index >= 15 is 0 Å². The molecule has 1 rings (SSSR count). The summed E-state index contributed by atoms with van der Waals surface area (Å²) in [5, 5.41) is 0.356. The van der Waals surface area contributed by atoms with Crippen LogP contribution in [0.5, 0.6) is 0 Å². The molecule has 0 atom stereocenters. The molecule has 0 aliphatic heterocycles. The monoisotopic (exact) mass is 295 g/mol. The van der Waals surface area contributed by atoms with Gasteiger partial charge >= 0.3 is 0 Å². The van der Waals surface area contributed by atoms with Crippen molar-refractivity contribution in [1.29, 1.82) is 0 Å². The number of hydrogen-bond donors (Lipinski definition) is 0. The first-order chi connectivity index (χ1) is 8.22. The van der Waals surface area contributed by atoms with E-state index in [-0.39, 0.29) is 5.78 Å². The van der Waals surface area contributed by atoms with Crippen molar-refractivity contribution in [2.75, 3.05) is 18.4 Å². The van der Waals surface area contributed by atoms with Gasteiger partial charge in [0.05, 0.1) is 5.33 Å². The smallest absolute Gasteiger partial charge is 0.175 e. The van der Waals surface area contributed by atoms with Crippen LogP contribution in [-0.4, -0.2) is 29.1 Å². The van der Waals surface area contributed by atoms with Crippen molar-refractivity contribution in [3.8, 4) is 0 Å². The van der Waals surface area contributed by atoms with E-state index < -0.39 is 0 Å². The van der Waals surface area contributed by atoms with Crippen LogP contribution in [-0.2, 0) is 4.79 Å². The number of ketones is 1. The predicted molar refractivity (Wildman–Crippen MR) is 76.1 cm³/mol. The molecule has 17 heavy (non-hydrogen) atoms. The Hall–Kier alpha value is -1.09. The van der Waals surface area contributed by atoms with Gasteiger partial charge in [-0.3, -0.25) is 4.79 Å². The Morgan fingerprint density at radius 1 is 1.24 bits per heavy atom. The zero-order valence-corrected chi connectivity index (χ0v) is 11.9. The lowest BCUT2D eigenvalue weighted by Crippen LogP contribution is -2.18. The van der Waals surface area contributed by atoms with Crippen LogP contribution in [0.25, 0.3) is 5.57 Å². The highest BCUT2D eigenvalue weighted by Crippen LogP contribution is 2.17. The number of alkyl halides is 1. The lowest BCUT2D eigenvalue weighted by molar-refractivity contribution is -0.111. The minimum absolute atomic E-state index is 0.114. The normalized spacial score (nSPS) is 11.4. The number of nitrogens with zero attached hydrogens (tertiary/aromatic N) is 1. The molecule has 1 aromatic carbocycles. The number of Topliss-reactive ketones (excluding diaryl/α,β-unsaturated/α-hetero) is 1. The highest BCUT2D eigenvalue weighted by Gasteiger charge is 2.11. The Kier molecular flexibility index (Phi) is 5.98. The van der Waals surface area contributed by atoms with Gasteiger partial charge in [0.25, 0.3) is 0 Å². The Labute approximate surface area is 111 Å². The van der Waals surface area contributed by atoms with Gasteiger partial charge in [-0.15, -0.1) is 0 Å². The van der Waals surface area contributed by atoms with E-state index in [0.717, 1.165) is 24.2 Å². The second-order valence-electron chi connectivity index (χ2n) is 3.69. The molecule has 0 spiro atoms. The van der Waals surface area contributed by atoms with Gasteiger partial charge in [0.15, 0.2) is 5.78 Å². The van der Waals surface area contributed by atoms with Crippen LogP contribution in [0, 0.1) is 0 Å². The molecular weight excluding hydrogens is 278 g/mol. The molecule has 3 heteroatoms. The molecule has 0 saturated heterocycles. The SMILES string of the molecule is CCN(/C=C(\C(=O)CBr)c1ccccc1)CC. The summed E-state index contributed by atoms with van der Waals surface area (Å²) in [6, 6.07) is 9.79. The second kappa shape index (κ2) is 7.28. The van der Waals surface area contributed by atoms with E-state index in [1.807, 2.05) is 36.5 Å². The second-order valence-corrected chi connectivity index (χ2v) is 4.25. The maximum Gasteiger partial charge on any atom is 0.175 e. The van der Waals surface area contributed by atoms with Crippen molar-refractivity contribution in [1.82, 2.24) is 4.90 Å². The third-order valence-electron chi connectivity index (χ3n) is 2.63. The number of rotatable bonds is 6. The first-order valence-electron chi connectivity index (χ1n) is 5.83. The fourth-order valence-corrected chi connectivity index (χ4v) is 1.89. The maximum absolute atomic E-state index is 11.9. The third kappa shape index (κ3) is 4.00. The Bertz CT molecular complexity index is 382. The molecule has 0 aliphatic rings. The van der Waals surface area contributed by atoms with Crippen LogP contribution < -0.4 is 0 Å². The average Bonchev–Trinajstić information content (AvgIpc) is 2.40. The number of hydrogen-bond acceptors (Lipinski definition) is 2. The number of carbonyl (C=O) groups is 1. The van der Waals surface area contributed by atoms with Crippen LogP contribution in [0.3, 0.4) is 0 Å². The highest BCUT2D eigenvalue weighted by molar-refractivity contribution is 9.09. The molecule has 0 radical (unpaired) electrons. The van der Waals surface area contributed by atoms with Crippen LogP contribution >= 0.6 is 15.9 Å². The van der Waals surface area contributed by atoms with Gasteiger partial charge in [-0.1, -0.05) is 46.3 Å². The Morgan fingerprint density at radius 3 is 2.29 bits per heavy atom. The van der Waals surface area contributed by atoms with Crippen LogP contribution in [0.4, 0.5) is 0 Å². The number of benzene rings is 1. The topological polar surface area (TPSA) is 20.3 Å². The van der Waals surface area contributed by atoms with E-state index in [2.05, 4.69) is 34.7 Å². The van der Waals surface area contributed by atoms with Gasteiger partial charge in [-0.05, 0) is 19.4 Å². The molecule has 0 heterocycles. The van der Waals surface area contributed by atoms with E-state index in [1.54, 1.807) is 0 Å². The summed E-state index contributed by atoms with van der Waals surface area (Å²) in [6.45, 7) is 5.98. The Balaban J connectivity index is 3.08. The van der Waals surface area contributed by atoms with Crippen molar-refractivity contribution in [3.05, 3.63) is 42.1 Å². The zero-order chi connectivity index (χ0) is 12.7. The molecule has 2 nitrogen and oxygen atoms in total. The highest BCUT2D eigenvalue weighted by atomic mass is 79.9. The summed E-state index contributed by atoms with van der Waals surface area (Å²) < 4.78 is 0. The van der Waals surface area contributed by atoms with Crippen molar-refractivity contribution < 1.29 is 4.79 Å². The lowest BCUT2D eigenvalue weighted by atomic mass is 10.0. The van der Waals surface area contributed by atoms with E-state index in [9.17, 15) is 4.79 Å². The van der Waals surface area contributed by atoms with Gasteiger partial charge < -0.3 is 4.90 Å². The molecule has 0 amide bonds. The standard InChI is InChI=1S/C14H18BrNO/c1-3-16(4-2)11-13(14(17)10-15)12-8-6-5-7-9-12/h5-9,11H,3-4,10H2,1-2H3/b13-11-. The lowest BCUT2D eigenvalue weighted by Gasteiger charge is -2.17. The summed E-state index contributed by atoms with van der Waals surface area (Å²) in [5.74, 6) is 0.114. The molecule has 0 unspecified atom stereocenters. The van der Waals surface area contributed by atoms with Crippen molar-refractivity contribution >= 4 is 27.3 Å². The first kappa shape index (κ1) is 14.0. The number of carbonyl (C=O) groups excluding carboxylic acids is 1. The molecule has 1 aromatic rings. The first-order valence-corrected chi connectivity index (χ1v) is 6.95. The summed E-state index contributed by atoms with van der Waals surface area (Å²) in [4.78, 5) is 14.1. The van der Waals surface area contributed by atoms with Crippen LogP contribution in [0.15, 0.2) is 36.5 Å². The average molecular weight is 296 g/mol. The van der Waals surface area contributed by atoms with Crippen molar-refractivity contribution in [2.45, 2.75) is 13.8 Å². The number of allylic oxidation sites excluding steroid dienone is 1. The molecule has 0 aromatic heterocycles. The third-order valence-corrected chi connectivity index (χ3v) is 3.14. The van der Waals surface area contributed by atoms with E-state index in [0.29, 0.717) is 5.33 Å². The zero-order valence-electron chi connectivity index (χ0n) is 10.3. The van der Waals surface area contributed by atoms with Gasteiger partial charge in [0.2, 0.25) is 0 Å². The van der Waals surface area contributed by atoms with E-state index in [4.69, 9.17) is 0 Å². The largest absolute Gasteiger partial charge is 0.377 e. The van der Waals surface area contributed by atoms with Crippen molar-refractivity contribution in [2.24, 2.45) is 0 Å². The van der Waals surface area contributed by atoms with Crippen LogP contribution in [0.2, 0.25) is 0 Å². The van der Waals surface area contributed by atoms with Gasteiger partial charge in [0.1, 0.15) is 0 Å². The van der Waals surface area contributed by atoms with Crippen LogP contribution in [0.1, 0.15) is 19.4 Å². The van der Waals surface area contributed by atoms with Gasteiger partial charge in [-0.2, -0.15) is 0 Å². The van der Waals surface area contributed by atoms with E-state index in [1.165, 1.54) is 0 Å². The molecule has 0 fully saturated rings. The molecule has 0 N–H and O–H groups in total. The Morgan fingerprint density at radius 2 is 1.82 bits per heavy atom. The minimum atomic E-state index is 0.114. The fourth-order valence-electron chi connectivity index (χ4n) is 1.59. The molecule has 92 valence electrons. The molecule has 0 aliphatic carbocycles.